The van der Waals surface area contributed by atoms with Crippen LogP contribution >= 0.6 is 0 Å². The summed E-state index contributed by atoms with van der Waals surface area (Å²) in [5.41, 5.74) is 2.19. The molecule has 2 N–H and O–H groups in total. The summed E-state index contributed by atoms with van der Waals surface area (Å²) in [7, 11) is 3.10. The molecule has 0 atom stereocenters. The van der Waals surface area contributed by atoms with E-state index in [4.69, 9.17) is 9.47 Å². The van der Waals surface area contributed by atoms with E-state index in [0.717, 1.165) is 6.42 Å². The molecule has 7 heteroatoms. The zero-order chi connectivity index (χ0) is 19.8. The van der Waals surface area contributed by atoms with Crippen molar-refractivity contribution in [1.82, 2.24) is 9.97 Å². The Balaban J connectivity index is 1.56. The van der Waals surface area contributed by atoms with E-state index < -0.39 is 0 Å². The fourth-order valence-corrected chi connectivity index (χ4v) is 2.62. The second kappa shape index (κ2) is 9.36. The first-order valence-electron chi connectivity index (χ1n) is 8.83. The van der Waals surface area contributed by atoms with Crippen molar-refractivity contribution < 1.29 is 14.3 Å². The fourth-order valence-electron chi connectivity index (χ4n) is 2.62. The first kappa shape index (κ1) is 19.2. The van der Waals surface area contributed by atoms with Gasteiger partial charge in [-0.05, 0) is 24.1 Å². The normalized spacial score (nSPS) is 10.2. The molecule has 0 saturated carbocycles. The van der Waals surface area contributed by atoms with Crippen molar-refractivity contribution in [2.75, 3.05) is 31.4 Å². The molecule has 0 saturated heterocycles. The number of ether oxygens (including phenoxy) is 2. The first-order valence-corrected chi connectivity index (χ1v) is 8.83. The number of methoxy groups -OCH3 is 2. The Morgan fingerprint density at radius 3 is 2.36 bits per heavy atom. The molecule has 2 aromatic carbocycles. The Hall–Kier alpha value is -3.61. The minimum atomic E-state index is -0.303. The number of rotatable bonds is 8. The zero-order valence-corrected chi connectivity index (χ0v) is 15.8. The number of carbonyl (C=O) groups excluding carboxylic acids is 1. The zero-order valence-electron chi connectivity index (χ0n) is 15.8. The lowest BCUT2D eigenvalue weighted by molar-refractivity contribution is 0.102. The lowest BCUT2D eigenvalue weighted by atomic mass is 10.1. The number of nitrogens with one attached hydrogen (secondary N) is 2. The first-order chi connectivity index (χ1) is 13.7. The van der Waals surface area contributed by atoms with Crippen LogP contribution in [0.25, 0.3) is 0 Å². The lowest BCUT2D eigenvalue weighted by Crippen LogP contribution is -2.14. The van der Waals surface area contributed by atoms with Gasteiger partial charge in [-0.2, -0.15) is 0 Å². The van der Waals surface area contributed by atoms with Gasteiger partial charge >= 0.3 is 0 Å². The summed E-state index contributed by atoms with van der Waals surface area (Å²) in [5, 5.41) is 5.95. The maximum atomic E-state index is 12.4. The maximum absolute atomic E-state index is 12.4. The molecule has 0 spiro atoms. The van der Waals surface area contributed by atoms with Gasteiger partial charge in [0.15, 0.2) is 11.5 Å². The van der Waals surface area contributed by atoms with Gasteiger partial charge in [0.05, 0.1) is 19.8 Å². The predicted molar refractivity (Wildman–Crippen MR) is 108 cm³/mol. The number of aromatic nitrogens is 2. The Labute approximate surface area is 163 Å². The summed E-state index contributed by atoms with van der Waals surface area (Å²) in [6.07, 6.45) is 3.85. The molecule has 0 radical (unpaired) electrons. The van der Waals surface area contributed by atoms with Crippen molar-refractivity contribution >= 4 is 17.5 Å². The van der Waals surface area contributed by atoms with Crippen LogP contribution in [0.15, 0.2) is 60.9 Å². The molecule has 0 aliphatic rings. The van der Waals surface area contributed by atoms with E-state index >= 15 is 0 Å². The third-order valence-corrected chi connectivity index (χ3v) is 4.10. The van der Waals surface area contributed by atoms with Gasteiger partial charge in [-0.1, -0.05) is 30.3 Å². The number of nitrogens with zero attached hydrogens (tertiary/aromatic N) is 2. The number of anilines is 2. The number of carbonyl (C=O) groups is 1. The van der Waals surface area contributed by atoms with Gasteiger partial charge in [-0.3, -0.25) is 4.79 Å². The van der Waals surface area contributed by atoms with Crippen molar-refractivity contribution in [3.63, 3.8) is 0 Å². The van der Waals surface area contributed by atoms with Crippen molar-refractivity contribution in [3.05, 3.63) is 72.1 Å². The highest BCUT2D eigenvalue weighted by Gasteiger charge is 2.10. The molecule has 144 valence electrons. The largest absolute Gasteiger partial charge is 0.493 e. The fraction of sp³-hybridized carbons (Fsp3) is 0.190. The van der Waals surface area contributed by atoms with Crippen LogP contribution in [-0.4, -0.2) is 36.6 Å². The van der Waals surface area contributed by atoms with Crippen molar-refractivity contribution in [2.24, 2.45) is 0 Å². The summed E-state index contributed by atoms with van der Waals surface area (Å²) in [4.78, 5) is 20.8. The smallest absolute Gasteiger partial charge is 0.258 e. The van der Waals surface area contributed by atoms with E-state index in [0.29, 0.717) is 35.2 Å². The standard InChI is InChI=1S/C21H22N4O3/c1-27-18-9-8-17(12-19(18)28-2)25-20(26)16-13-23-21(24-14-16)22-11-10-15-6-4-3-5-7-15/h3-9,12-14H,10-11H2,1-2H3,(H,25,26)(H,22,23,24). The minimum absolute atomic E-state index is 0.303. The molecule has 1 aromatic heterocycles. The highest BCUT2D eigenvalue weighted by molar-refractivity contribution is 6.04. The van der Waals surface area contributed by atoms with Crippen LogP contribution in [0.4, 0.5) is 11.6 Å². The van der Waals surface area contributed by atoms with E-state index in [9.17, 15) is 4.79 Å². The average Bonchev–Trinajstić information content (AvgIpc) is 2.75. The van der Waals surface area contributed by atoms with Gasteiger partial charge in [0.1, 0.15) is 0 Å². The van der Waals surface area contributed by atoms with Crippen LogP contribution in [0.5, 0.6) is 11.5 Å². The summed E-state index contributed by atoms with van der Waals surface area (Å²) < 4.78 is 10.4. The molecule has 1 heterocycles. The second-order valence-corrected chi connectivity index (χ2v) is 5.98. The number of amides is 1. The quantitative estimate of drug-likeness (QED) is 0.625. The van der Waals surface area contributed by atoms with Crippen LogP contribution in [0, 0.1) is 0 Å². The lowest BCUT2D eigenvalue weighted by Gasteiger charge is -2.10. The molecule has 0 bridgehead atoms. The van der Waals surface area contributed by atoms with Gasteiger partial charge in [0, 0.05) is 30.7 Å². The summed E-state index contributed by atoms with van der Waals surface area (Å²) in [5.74, 6) is 1.31. The van der Waals surface area contributed by atoms with Crippen LogP contribution in [0.1, 0.15) is 15.9 Å². The maximum Gasteiger partial charge on any atom is 0.258 e. The summed E-state index contributed by atoms with van der Waals surface area (Å²) >= 11 is 0. The molecular weight excluding hydrogens is 356 g/mol. The predicted octanol–water partition coefficient (Wildman–Crippen LogP) is 3.40. The third kappa shape index (κ3) is 4.97. The molecule has 0 fully saturated rings. The van der Waals surface area contributed by atoms with E-state index in [2.05, 4.69) is 32.7 Å². The third-order valence-electron chi connectivity index (χ3n) is 4.10. The summed E-state index contributed by atoms with van der Waals surface area (Å²) in [6, 6.07) is 15.3. The van der Waals surface area contributed by atoms with Crippen LogP contribution < -0.4 is 20.1 Å². The topological polar surface area (TPSA) is 85.4 Å². The number of hydrogen-bond donors (Lipinski definition) is 2. The molecular formula is C21H22N4O3. The van der Waals surface area contributed by atoms with Gasteiger partial charge < -0.3 is 20.1 Å². The second-order valence-electron chi connectivity index (χ2n) is 5.98. The van der Waals surface area contributed by atoms with Crippen molar-refractivity contribution in [1.29, 1.82) is 0 Å². The summed E-state index contributed by atoms with van der Waals surface area (Å²) in [6.45, 7) is 0.710. The minimum Gasteiger partial charge on any atom is -0.493 e. The number of benzene rings is 2. The van der Waals surface area contributed by atoms with Gasteiger partial charge in [0.2, 0.25) is 5.95 Å². The molecule has 3 aromatic rings. The van der Waals surface area contributed by atoms with Gasteiger partial charge in [-0.15, -0.1) is 0 Å². The molecule has 0 aliphatic heterocycles. The van der Waals surface area contributed by atoms with Crippen LogP contribution in [-0.2, 0) is 6.42 Å². The monoisotopic (exact) mass is 378 g/mol. The molecule has 0 unspecified atom stereocenters. The molecule has 1 amide bonds. The molecule has 28 heavy (non-hydrogen) atoms. The SMILES string of the molecule is COc1ccc(NC(=O)c2cnc(NCCc3ccccc3)nc2)cc1OC. The average molecular weight is 378 g/mol. The van der Waals surface area contributed by atoms with E-state index in [-0.39, 0.29) is 5.91 Å². The van der Waals surface area contributed by atoms with Crippen LogP contribution in [0.2, 0.25) is 0 Å². The van der Waals surface area contributed by atoms with Crippen LogP contribution in [0.3, 0.4) is 0 Å². The Morgan fingerprint density at radius 2 is 1.68 bits per heavy atom. The van der Waals surface area contributed by atoms with E-state index in [1.54, 1.807) is 32.4 Å². The molecule has 0 aliphatic carbocycles. The molecule has 3 rings (SSSR count). The van der Waals surface area contributed by atoms with Crippen molar-refractivity contribution in [3.8, 4) is 11.5 Å². The van der Waals surface area contributed by atoms with E-state index in [1.165, 1.54) is 18.0 Å². The molecule has 7 nitrogen and oxygen atoms in total. The Bertz CT molecular complexity index is 915. The highest BCUT2D eigenvalue weighted by atomic mass is 16.5. The van der Waals surface area contributed by atoms with Gasteiger partial charge in [-0.25, -0.2) is 9.97 Å². The van der Waals surface area contributed by atoms with Crippen molar-refractivity contribution in [2.45, 2.75) is 6.42 Å². The Kier molecular flexibility index (Phi) is 6.41. The Morgan fingerprint density at radius 1 is 0.964 bits per heavy atom. The van der Waals surface area contributed by atoms with E-state index in [1.807, 2.05) is 18.2 Å². The highest BCUT2D eigenvalue weighted by Crippen LogP contribution is 2.29. The van der Waals surface area contributed by atoms with Gasteiger partial charge in [0.25, 0.3) is 5.91 Å². The number of hydrogen-bond acceptors (Lipinski definition) is 6.